The van der Waals surface area contributed by atoms with Crippen LogP contribution in [-0.4, -0.2) is 28.4 Å². The molecule has 0 N–H and O–H groups in total. The van der Waals surface area contributed by atoms with Gasteiger partial charge in [0, 0.05) is 12.2 Å². The van der Waals surface area contributed by atoms with E-state index in [0.29, 0.717) is 46.0 Å². The average Bonchev–Trinajstić information content (AvgIpc) is 3.20. The standard InChI is InChI=1S/C19H17N3O4S/c1-25-18(24)13-6-7-15-16(11-13)21-19(27-10-3-2-8-20)22(17(15)23)12-14-5-4-9-26-14/h4-7,9,11H,2-3,10,12H2,1H3. The number of furan rings is 1. The fourth-order valence-electron chi connectivity index (χ4n) is 2.57. The van der Waals surface area contributed by atoms with Crippen LogP contribution >= 0.6 is 11.8 Å². The first kappa shape index (κ1) is 18.7. The molecule has 2 heterocycles. The zero-order valence-corrected chi connectivity index (χ0v) is 15.5. The van der Waals surface area contributed by atoms with Gasteiger partial charge in [0.25, 0.3) is 5.56 Å². The number of unbranched alkanes of at least 4 members (excludes halogenated alkanes) is 1. The third kappa shape index (κ3) is 4.20. The van der Waals surface area contributed by atoms with E-state index in [4.69, 9.17) is 14.4 Å². The van der Waals surface area contributed by atoms with Crippen LogP contribution in [0.5, 0.6) is 0 Å². The number of hydrogen-bond donors (Lipinski definition) is 0. The van der Waals surface area contributed by atoms with E-state index in [1.807, 2.05) is 0 Å². The zero-order valence-electron chi connectivity index (χ0n) is 14.7. The molecule has 3 aromatic rings. The van der Waals surface area contributed by atoms with E-state index in [2.05, 4.69) is 11.1 Å². The highest BCUT2D eigenvalue weighted by Gasteiger charge is 2.15. The van der Waals surface area contributed by atoms with E-state index in [9.17, 15) is 9.59 Å². The average molecular weight is 383 g/mol. The Hall–Kier alpha value is -3.05. The monoisotopic (exact) mass is 383 g/mol. The van der Waals surface area contributed by atoms with Gasteiger partial charge in [-0.05, 0) is 36.8 Å². The minimum atomic E-state index is -0.485. The van der Waals surface area contributed by atoms with Gasteiger partial charge in [0.2, 0.25) is 0 Å². The number of nitriles is 1. The van der Waals surface area contributed by atoms with Crippen molar-refractivity contribution in [2.75, 3.05) is 12.9 Å². The molecule has 0 unspecified atom stereocenters. The van der Waals surface area contributed by atoms with E-state index in [1.165, 1.54) is 18.9 Å². The van der Waals surface area contributed by atoms with E-state index in [1.54, 1.807) is 41.2 Å². The van der Waals surface area contributed by atoms with E-state index >= 15 is 0 Å². The Kier molecular flexibility index (Phi) is 5.94. The number of benzene rings is 1. The maximum absolute atomic E-state index is 13.0. The van der Waals surface area contributed by atoms with E-state index < -0.39 is 5.97 Å². The van der Waals surface area contributed by atoms with Crippen molar-refractivity contribution in [3.05, 3.63) is 58.3 Å². The second-order valence-corrected chi connectivity index (χ2v) is 6.76. The molecule has 7 nitrogen and oxygen atoms in total. The Bertz CT molecular complexity index is 1050. The Labute approximate surface area is 159 Å². The topological polar surface area (TPSA) is 98.1 Å². The van der Waals surface area contributed by atoms with Crippen molar-refractivity contribution in [3.63, 3.8) is 0 Å². The molecule has 138 valence electrons. The summed E-state index contributed by atoms with van der Waals surface area (Å²) in [7, 11) is 1.30. The van der Waals surface area contributed by atoms with Crippen LogP contribution in [0, 0.1) is 11.3 Å². The molecule has 2 aromatic heterocycles. The summed E-state index contributed by atoms with van der Waals surface area (Å²) in [5, 5.41) is 9.62. The number of methoxy groups -OCH3 is 1. The van der Waals surface area contributed by atoms with Crippen molar-refractivity contribution in [1.82, 2.24) is 9.55 Å². The van der Waals surface area contributed by atoms with E-state index in [0.717, 1.165) is 0 Å². The zero-order chi connectivity index (χ0) is 19.2. The highest BCUT2D eigenvalue weighted by molar-refractivity contribution is 7.99. The van der Waals surface area contributed by atoms with Crippen molar-refractivity contribution < 1.29 is 13.9 Å². The lowest BCUT2D eigenvalue weighted by Crippen LogP contribution is -2.24. The summed E-state index contributed by atoms with van der Waals surface area (Å²) in [6.45, 7) is 0.258. The number of ether oxygens (including phenoxy) is 1. The molecule has 0 aliphatic heterocycles. The Morgan fingerprint density at radius 3 is 2.96 bits per heavy atom. The van der Waals surface area contributed by atoms with Gasteiger partial charge in [-0.15, -0.1) is 0 Å². The maximum Gasteiger partial charge on any atom is 0.337 e. The molecule has 0 spiro atoms. The van der Waals surface area contributed by atoms with Crippen LogP contribution in [0.4, 0.5) is 0 Å². The summed E-state index contributed by atoms with van der Waals surface area (Å²) in [5.74, 6) is 0.811. The molecule has 27 heavy (non-hydrogen) atoms. The SMILES string of the molecule is COC(=O)c1ccc2c(=O)n(Cc3ccco3)c(SCCCC#N)nc2c1. The molecular formula is C19H17N3O4S. The van der Waals surface area contributed by atoms with Crippen LogP contribution < -0.4 is 5.56 Å². The molecule has 1 aromatic carbocycles. The van der Waals surface area contributed by atoms with Gasteiger partial charge in [-0.2, -0.15) is 5.26 Å². The van der Waals surface area contributed by atoms with Crippen LogP contribution in [0.1, 0.15) is 29.0 Å². The molecule has 0 bridgehead atoms. The number of rotatable bonds is 7. The third-order valence-electron chi connectivity index (χ3n) is 3.90. The highest BCUT2D eigenvalue weighted by Crippen LogP contribution is 2.21. The summed E-state index contributed by atoms with van der Waals surface area (Å²) in [5.41, 5.74) is 0.554. The first-order valence-electron chi connectivity index (χ1n) is 8.29. The van der Waals surface area contributed by atoms with Crippen molar-refractivity contribution in [2.24, 2.45) is 0 Å². The van der Waals surface area contributed by atoms with Gasteiger partial charge in [0.15, 0.2) is 5.16 Å². The first-order chi connectivity index (χ1) is 13.1. The van der Waals surface area contributed by atoms with Crippen molar-refractivity contribution in [1.29, 1.82) is 5.26 Å². The molecular weight excluding hydrogens is 366 g/mol. The minimum absolute atomic E-state index is 0.212. The fraction of sp³-hybridized carbons (Fsp3) is 0.263. The minimum Gasteiger partial charge on any atom is -0.467 e. The van der Waals surface area contributed by atoms with Crippen molar-refractivity contribution in [3.8, 4) is 6.07 Å². The van der Waals surface area contributed by atoms with Gasteiger partial charge < -0.3 is 9.15 Å². The van der Waals surface area contributed by atoms with Gasteiger partial charge in [-0.25, -0.2) is 9.78 Å². The summed E-state index contributed by atoms with van der Waals surface area (Å²) < 4.78 is 11.7. The molecule has 0 saturated heterocycles. The summed E-state index contributed by atoms with van der Waals surface area (Å²) in [4.78, 5) is 29.4. The largest absolute Gasteiger partial charge is 0.467 e. The second-order valence-electron chi connectivity index (χ2n) is 5.70. The lowest BCUT2D eigenvalue weighted by atomic mass is 10.1. The van der Waals surface area contributed by atoms with Crippen LogP contribution in [-0.2, 0) is 11.3 Å². The number of nitrogens with zero attached hydrogens (tertiary/aromatic N) is 3. The van der Waals surface area contributed by atoms with Crippen LogP contribution in [0.2, 0.25) is 0 Å². The molecule has 0 fully saturated rings. The predicted octanol–water partition coefficient (Wildman–Crippen LogP) is 3.22. The molecule has 0 aliphatic carbocycles. The maximum atomic E-state index is 13.0. The molecule has 8 heteroatoms. The fourth-order valence-corrected chi connectivity index (χ4v) is 3.51. The molecule has 0 saturated carbocycles. The lowest BCUT2D eigenvalue weighted by Gasteiger charge is -2.12. The van der Waals surface area contributed by atoms with Crippen LogP contribution in [0.15, 0.2) is 51.0 Å². The quantitative estimate of drug-likeness (QED) is 0.267. The highest BCUT2D eigenvalue weighted by atomic mass is 32.2. The van der Waals surface area contributed by atoms with Gasteiger partial charge in [-0.1, -0.05) is 11.8 Å². The lowest BCUT2D eigenvalue weighted by molar-refractivity contribution is 0.0601. The van der Waals surface area contributed by atoms with Gasteiger partial charge in [0.1, 0.15) is 5.76 Å². The summed E-state index contributed by atoms with van der Waals surface area (Å²) >= 11 is 1.40. The second kappa shape index (κ2) is 8.56. The van der Waals surface area contributed by atoms with Crippen molar-refractivity contribution >= 4 is 28.6 Å². The number of fused-ring (bicyclic) bond motifs is 1. The van der Waals surface area contributed by atoms with E-state index in [-0.39, 0.29) is 12.1 Å². The number of thioether (sulfide) groups is 1. The molecule has 0 radical (unpaired) electrons. The first-order valence-corrected chi connectivity index (χ1v) is 9.27. The normalized spacial score (nSPS) is 10.7. The molecule has 0 aliphatic rings. The van der Waals surface area contributed by atoms with Crippen LogP contribution in [0.25, 0.3) is 10.9 Å². The summed E-state index contributed by atoms with van der Waals surface area (Å²) in [6.07, 6.45) is 2.69. The number of hydrogen-bond acceptors (Lipinski definition) is 7. The third-order valence-corrected chi connectivity index (χ3v) is 4.96. The van der Waals surface area contributed by atoms with Gasteiger partial charge in [-0.3, -0.25) is 9.36 Å². The van der Waals surface area contributed by atoms with Gasteiger partial charge >= 0.3 is 5.97 Å². The summed E-state index contributed by atoms with van der Waals surface area (Å²) in [6, 6.07) is 10.3. The molecule has 3 rings (SSSR count). The number of carbonyl (C=O) groups is 1. The molecule has 0 amide bonds. The Morgan fingerprint density at radius 1 is 1.41 bits per heavy atom. The Balaban J connectivity index is 2.06. The number of aromatic nitrogens is 2. The number of carbonyl (C=O) groups excluding carboxylic acids is 1. The molecule has 0 atom stereocenters. The van der Waals surface area contributed by atoms with Gasteiger partial charge in [0.05, 0.1) is 42.5 Å². The number of esters is 1. The van der Waals surface area contributed by atoms with Crippen molar-refractivity contribution in [2.45, 2.75) is 24.5 Å². The van der Waals surface area contributed by atoms with Crippen LogP contribution in [0.3, 0.4) is 0 Å². The smallest absolute Gasteiger partial charge is 0.337 e. The Morgan fingerprint density at radius 2 is 2.26 bits per heavy atom. The predicted molar refractivity (Wildman–Crippen MR) is 101 cm³/mol.